The van der Waals surface area contributed by atoms with Crippen LogP contribution in [0.2, 0.25) is 0 Å². The van der Waals surface area contributed by atoms with Crippen molar-refractivity contribution in [2.24, 2.45) is 13.0 Å². The minimum atomic E-state index is -0.976. The van der Waals surface area contributed by atoms with Crippen molar-refractivity contribution >= 4 is 5.97 Å². The van der Waals surface area contributed by atoms with Crippen molar-refractivity contribution in [3.63, 3.8) is 0 Å². The average Bonchev–Trinajstić information content (AvgIpc) is 3.28. The summed E-state index contributed by atoms with van der Waals surface area (Å²) in [6.45, 7) is 6.35. The summed E-state index contributed by atoms with van der Waals surface area (Å²) in [6, 6.07) is 16.0. The first kappa shape index (κ1) is 22.8. The molecule has 3 unspecified atom stereocenters. The molecule has 4 aromatic rings. The van der Waals surface area contributed by atoms with Crippen molar-refractivity contribution in [3.8, 4) is 22.6 Å². The number of hydrogen-bond donors (Lipinski definition) is 1. The number of carbonyl (C=O) groups is 1. The third-order valence-electron chi connectivity index (χ3n) is 6.70. The molecule has 0 saturated heterocycles. The van der Waals surface area contributed by atoms with E-state index in [0.29, 0.717) is 11.6 Å². The van der Waals surface area contributed by atoms with Crippen LogP contribution in [0.3, 0.4) is 0 Å². The highest BCUT2D eigenvalue weighted by atomic mass is 16.5. The normalized spacial score (nSPS) is 18.0. The van der Waals surface area contributed by atoms with Gasteiger partial charge in [-0.15, -0.1) is 5.10 Å². The van der Waals surface area contributed by atoms with Crippen molar-refractivity contribution in [2.45, 2.75) is 45.1 Å². The lowest BCUT2D eigenvalue weighted by Gasteiger charge is -2.18. The van der Waals surface area contributed by atoms with Crippen LogP contribution in [0.15, 0.2) is 60.9 Å². The van der Waals surface area contributed by atoms with Gasteiger partial charge >= 0.3 is 5.97 Å². The number of carboxylic acid groups (broad SMARTS) is 1. The molecular formula is C27H29N5O3. The van der Waals surface area contributed by atoms with Gasteiger partial charge in [0.1, 0.15) is 11.3 Å². The highest BCUT2D eigenvalue weighted by molar-refractivity contribution is 5.89. The standard InChI is InChI=1S/C27H29N5O3/c1-16(2)17(3)35-21-10-6-8-19(12-21)18-7-5-9-20(11-18)32-26(24(14-28-32)27(33)34)23-13-22(23)25-15-31(4)30-29-25/h5-12,14-17,22-23H,13H2,1-4H3,(H,33,34). The van der Waals surface area contributed by atoms with Crippen molar-refractivity contribution in [3.05, 3.63) is 77.9 Å². The van der Waals surface area contributed by atoms with E-state index in [2.05, 4.69) is 36.2 Å². The number of aromatic carboxylic acids is 1. The second-order valence-corrected chi connectivity index (χ2v) is 9.57. The molecule has 1 aliphatic carbocycles. The minimum absolute atomic E-state index is 0.0261. The van der Waals surface area contributed by atoms with Crippen molar-refractivity contribution in [1.29, 1.82) is 0 Å². The summed E-state index contributed by atoms with van der Waals surface area (Å²) in [4.78, 5) is 12.0. The lowest BCUT2D eigenvalue weighted by Crippen LogP contribution is -2.18. The van der Waals surface area contributed by atoms with E-state index in [4.69, 9.17) is 4.74 Å². The Morgan fingerprint density at radius 3 is 2.51 bits per heavy atom. The van der Waals surface area contributed by atoms with Crippen LogP contribution in [0.25, 0.3) is 16.8 Å². The monoisotopic (exact) mass is 471 g/mol. The number of carboxylic acids is 1. The van der Waals surface area contributed by atoms with Gasteiger partial charge in [-0.05, 0) is 54.7 Å². The molecule has 0 bridgehead atoms. The zero-order valence-corrected chi connectivity index (χ0v) is 20.3. The summed E-state index contributed by atoms with van der Waals surface area (Å²) < 4.78 is 9.53. The maximum atomic E-state index is 12.0. The van der Waals surface area contributed by atoms with Crippen molar-refractivity contribution in [1.82, 2.24) is 24.8 Å². The minimum Gasteiger partial charge on any atom is -0.490 e. The van der Waals surface area contributed by atoms with Crippen LogP contribution in [0, 0.1) is 5.92 Å². The fraction of sp³-hybridized carbons (Fsp3) is 0.333. The molecule has 2 aromatic heterocycles. The summed E-state index contributed by atoms with van der Waals surface area (Å²) in [5.74, 6) is 0.426. The number of ether oxygens (including phenoxy) is 1. The van der Waals surface area contributed by atoms with Gasteiger partial charge in [0.05, 0.1) is 29.4 Å². The zero-order valence-electron chi connectivity index (χ0n) is 20.3. The maximum Gasteiger partial charge on any atom is 0.339 e. The van der Waals surface area contributed by atoms with E-state index >= 15 is 0 Å². The van der Waals surface area contributed by atoms with Crippen LogP contribution in [-0.4, -0.2) is 42.0 Å². The van der Waals surface area contributed by atoms with E-state index < -0.39 is 5.97 Å². The van der Waals surface area contributed by atoms with Gasteiger partial charge in [-0.1, -0.05) is 43.3 Å². The first-order valence-corrected chi connectivity index (χ1v) is 11.9. The summed E-state index contributed by atoms with van der Waals surface area (Å²) >= 11 is 0. The van der Waals surface area contributed by atoms with E-state index in [9.17, 15) is 9.90 Å². The lowest BCUT2D eigenvalue weighted by atomic mass is 10.0. The van der Waals surface area contributed by atoms with Crippen LogP contribution in [0.5, 0.6) is 5.75 Å². The fourth-order valence-corrected chi connectivity index (χ4v) is 4.36. The van der Waals surface area contributed by atoms with E-state index in [1.165, 1.54) is 6.20 Å². The molecule has 180 valence electrons. The molecule has 0 radical (unpaired) electrons. The highest BCUT2D eigenvalue weighted by Crippen LogP contribution is 2.55. The molecule has 2 aromatic carbocycles. The average molecular weight is 472 g/mol. The number of nitrogens with zero attached hydrogens (tertiary/aromatic N) is 5. The number of aryl methyl sites for hydroxylation is 1. The molecule has 2 heterocycles. The Morgan fingerprint density at radius 1 is 1.09 bits per heavy atom. The lowest BCUT2D eigenvalue weighted by molar-refractivity contribution is 0.0695. The van der Waals surface area contributed by atoms with Crippen molar-refractivity contribution < 1.29 is 14.6 Å². The Bertz CT molecular complexity index is 1370. The first-order valence-electron chi connectivity index (χ1n) is 11.9. The number of hydrogen-bond acceptors (Lipinski definition) is 5. The second kappa shape index (κ2) is 9.02. The smallest absolute Gasteiger partial charge is 0.339 e. The third-order valence-corrected chi connectivity index (χ3v) is 6.70. The second-order valence-electron chi connectivity index (χ2n) is 9.57. The van der Waals surface area contributed by atoms with E-state index in [-0.39, 0.29) is 23.5 Å². The van der Waals surface area contributed by atoms with E-state index in [0.717, 1.165) is 34.7 Å². The zero-order chi connectivity index (χ0) is 24.7. The highest BCUT2D eigenvalue weighted by Gasteiger charge is 2.46. The van der Waals surface area contributed by atoms with Crippen LogP contribution in [0.4, 0.5) is 0 Å². The summed E-state index contributed by atoms with van der Waals surface area (Å²) in [6.07, 6.45) is 4.26. The SMILES string of the molecule is CC(C)C(C)Oc1cccc(-c2cccc(-n3ncc(C(=O)O)c3C3CC3c3cn(C)nn3)c2)c1. The molecule has 1 aliphatic rings. The van der Waals surface area contributed by atoms with Gasteiger partial charge in [0.2, 0.25) is 0 Å². The quantitative estimate of drug-likeness (QED) is 0.386. The van der Waals surface area contributed by atoms with Crippen LogP contribution >= 0.6 is 0 Å². The Morgan fingerprint density at radius 2 is 1.83 bits per heavy atom. The number of aromatic nitrogens is 5. The molecule has 1 saturated carbocycles. The molecule has 0 amide bonds. The third kappa shape index (κ3) is 4.56. The van der Waals surface area contributed by atoms with Gasteiger partial charge in [0.25, 0.3) is 0 Å². The molecule has 3 atom stereocenters. The van der Waals surface area contributed by atoms with Crippen LogP contribution < -0.4 is 4.74 Å². The van der Waals surface area contributed by atoms with Crippen LogP contribution in [0.1, 0.15) is 60.8 Å². The molecule has 0 spiro atoms. The van der Waals surface area contributed by atoms with Crippen molar-refractivity contribution in [2.75, 3.05) is 0 Å². The summed E-state index contributed by atoms with van der Waals surface area (Å²) in [5.41, 5.74) is 4.65. The molecule has 0 aliphatic heterocycles. The number of benzene rings is 2. The van der Waals surface area contributed by atoms with Gasteiger partial charge in [-0.2, -0.15) is 5.10 Å². The summed E-state index contributed by atoms with van der Waals surface area (Å²) in [5, 5.41) is 22.6. The summed E-state index contributed by atoms with van der Waals surface area (Å²) in [7, 11) is 1.83. The predicted octanol–water partition coefficient (Wildman–Crippen LogP) is 5.06. The van der Waals surface area contributed by atoms with Gasteiger partial charge in [-0.3, -0.25) is 4.68 Å². The molecule has 5 rings (SSSR count). The van der Waals surface area contributed by atoms with Gasteiger partial charge < -0.3 is 9.84 Å². The van der Waals surface area contributed by atoms with E-state index in [1.54, 1.807) is 9.36 Å². The molecule has 1 N–H and O–H groups in total. The molecule has 8 heteroatoms. The van der Waals surface area contributed by atoms with E-state index in [1.807, 2.05) is 61.8 Å². The Balaban J connectivity index is 1.48. The Kier molecular flexibility index (Phi) is 5.88. The molecule has 35 heavy (non-hydrogen) atoms. The largest absolute Gasteiger partial charge is 0.490 e. The molecule has 8 nitrogen and oxygen atoms in total. The van der Waals surface area contributed by atoms with Crippen LogP contribution in [-0.2, 0) is 7.05 Å². The predicted molar refractivity (Wildman–Crippen MR) is 132 cm³/mol. The number of rotatable bonds is 8. The Hall–Kier alpha value is -3.94. The van der Waals surface area contributed by atoms with Gasteiger partial charge in [-0.25, -0.2) is 9.48 Å². The Labute approximate surface area is 204 Å². The maximum absolute atomic E-state index is 12.0. The topological polar surface area (TPSA) is 95.1 Å². The van der Waals surface area contributed by atoms with Gasteiger partial charge in [0, 0.05) is 25.1 Å². The fourth-order valence-electron chi connectivity index (χ4n) is 4.36. The van der Waals surface area contributed by atoms with Gasteiger partial charge in [0.15, 0.2) is 0 Å². The molecule has 1 fully saturated rings. The molecular weight excluding hydrogens is 442 g/mol. The first-order chi connectivity index (χ1) is 16.8.